The highest BCUT2D eigenvalue weighted by Gasteiger charge is 2.29. The van der Waals surface area contributed by atoms with Crippen LogP contribution in [0, 0.1) is 0 Å². The third kappa shape index (κ3) is 2.61. The first-order valence-electron chi connectivity index (χ1n) is 5.63. The summed E-state index contributed by atoms with van der Waals surface area (Å²) in [7, 11) is 0. The summed E-state index contributed by atoms with van der Waals surface area (Å²) in [5.74, 6) is -0.793. The number of hydrogen-bond donors (Lipinski definition) is 2. The van der Waals surface area contributed by atoms with Gasteiger partial charge in [0, 0.05) is 6.04 Å². The summed E-state index contributed by atoms with van der Waals surface area (Å²) in [6, 6.07) is 0.0895. The van der Waals surface area contributed by atoms with Crippen molar-refractivity contribution in [2.24, 2.45) is 5.73 Å². The van der Waals surface area contributed by atoms with E-state index in [1.165, 1.54) is 11.1 Å². The molecule has 1 heterocycles. The van der Waals surface area contributed by atoms with Crippen molar-refractivity contribution in [2.75, 3.05) is 6.54 Å². The molecule has 1 aromatic heterocycles. The Morgan fingerprint density at radius 1 is 1.47 bits per heavy atom. The van der Waals surface area contributed by atoms with Crippen molar-refractivity contribution in [1.82, 2.24) is 20.3 Å². The summed E-state index contributed by atoms with van der Waals surface area (Å²) in [6.45, 7) is -0.0592. The van der Waals surface area contributed by atoms with Crippen LogP contribution < -0.4 is 5.73 Å². The fourth-order valence-corrected chi connectivity index (χ4v) is 2.20. The number of H-pyrrole nitrogens is 1. The van der Waals surface area contributed by atoms with E-state index in [1.807, 2.05) is 0 Å². The van der Waals surface area contributed by atoms with Gasteiger partial charge in [-0.3, -0.25) is 9.59 Å². The van der Waals surface area contributed by atoms with Crippen LogP contribution in [0.5, 0.6) is 0 Å². The minimum Gasteiger partial charge on any atom is -0.368 e. The summed E-state index contributed by atoms with van der Waals surface area (Å²) in [6.07, 6.45) is 5.33. The van der Waals surface area contributed by atoms with Crippen LogP contribution in [0.15, 0.2) is 6.20 Å². The normalized spacial score (nSPS) is 16.0. The molecule has 92 valence electrons. The van der Waals surface area contributed by atoms with Gasteiger partial charge < -0.3 is 10.6 Å². The first kappa shape index (κ1) is 11.6. The monoisotopic (exact) mass is 237 g/mol. The molecule has 1 fully saturated rings. The van der Waals surface area contributed by atoms with E-state index in [-0.39, 0.29) is 24.2 Å². The molecule has 0 radical (unpaired) electrons. The summed E-state index contributed by atoms with van der Waals surface area (Å²) >= 11 is 0. The molecule has 2 rings (SSSR count). The topological polar surface area (TPSA) is 105 Å². The van der Waals surface area contributed by atoms with Crippen molar-refractivity contribution in [3.05, 3.63) is 11.9 Å². The minimum atomic E-state index is -0.506. The van der Waals surface area contributed by atoms with E-state index < -0.39 is 5.91 Å². The number of rotatable bonds is 4. The van der Waals surface area contributed by atoms with Gasteiger partial charge in [-0.25, -0.2) is 0 Å². The first-order valence-corrected chi connectivity index (χ1v) is 5.63. The second kappa shape index (κ2) is 4.94. The maximum absolute atomic E-state index is 12.1. The summed E-state index contributed by atoms with van der Waals surface area (Å²) in [4.78, 5) is 24.7. The van der Waals surface area contributed by atoms with Gasteiger partial charge in [0.05, 0.1) is 12.7 Å². The Labute approximate surface area is 98.4 Å². The van der Waals surface area contributed by atoms with E-state index in [0.717, 1.165) is 25.7 Å². The smallest absolute Gasteiger partial charge is 0.276 e. The fraction of sp³-hybridized carbons (Fsp3) is 0.600. The van der Waals surface area contributed by atoms with Crippen LogP contribution in [-0.2, 0) is 4.79 Å². The highest BCUT2D eigenvalue weighted by molar-refractivity contribution is 5.94. The lowest BCUT2D eigenvalue weighted by atomic mass is 10.2. The van der Waals surface area contributed by atoms with Crippen LogP contribution in [0.2, 0.25) is 0 Å². The molecule has 0 unspecified atom stereocenters. The zero-order valence-electron chi connectivity index (χ0n) is 9.43. The lowest BCUT2D eigenvalue weighted by Gasteiger charge is -2.26. The molecule has 1 aliphatic rings. The van der Waals surface area contributed by atoms with E-state index in [1.54, 1.807) is 0 Å². The highest BCUT2D eigenvalue weighted by Crippen LogP contribution is 2.24. The maximum Gasteiger partial charge on any atom is 0.276 e. The Hall–Kier alpha value is -1.92. The number of carbonyl (C=O) groups excluding carboxylic acids is 2. The van der Waals surface area contributed by atoms with Gasteiger partial charge >= 0.3 is 0 Å². The molecule has 0 saturated heterocycles. The second-order valence-corrected chi connectivity index (χ2v) is 4.19. The number of aromatic amines is 1. The number of aromatic nitrogens is 3. The zero-order valence-corrected chi connectivity index (χ0v) is 9.43. The quantitative estimate of drug-likeness (QED) is 0.748. The highest BCUT2D eigenvalue weighted by atomic mass is 16.2. The zero-order chi connectivity index (χ0) is 12.3. The van der Waals surface area contributed by atoms with E-state index in [9.17, 15) is 9.59 Å². The minimum absolute atomic E-state index is 0.0592. The third-order valence-corrected chi connectivity index (χ3v) is 2.99. The second-order valence-electron chi connectivity index (χ2n) is 4.19. The molecule has 7 heteroatoms. The van der Waals surface area contributed by atoms with Crippen LogP contribution in [0.3, 0.4) is 0 Å². The number of nitrogens with two attached hydrogens (primary N) is 1. The molecule has 0 spiro atoms. The molecular weight excluding hydrogens is 222 g/mol. The van der Waals surface area contributed by atoms with Gasteiger partial charge in [0.25, 0.3) is 5.91 Å². The number of nitrogens with one attached hydrogen (secondary N) is 1. The number of hydrogen-bond acceptors (Lipinski definition) is 4. The molecule has 17 heavy (non-hydrogen) atoms. The maximum atomic E-state index is 12.1. The number of nitrogens with zero attached hydrogens (tertiary/aromatic N) is 3. The lowest BCUT2D eigenvalue weighted by Crippen LogP contribution is -2.44. The van der Waals surface area contributed by atoms with Crippen LogP contribution >= 0.6 is 0 Å². The fourth-order valence-electron chi connectivity index (χ4n) is 2.20. The van der Waals surface area contributed by atoms with Crippen LogP contribution in [0.4, 0.5) is 0 Å². The Morgan fingerprint density at radius 3 is 2.71 bits per heavy atom. The van der Waals surface area contributed by atoms with Gasteiger partial charge in [0.15, 0.2) is 5.69 Å². The molecule has 2 amide bonds. The van der Waals surface area contributed by atoms with E-state index in [2.05, 4.69) is 15.4 Å². The van der Waals surface area contributed by atoms with Crippen molar-refractivity contribution >= 4 is 11.8 Å². The van der Waals surface area contributed by atoms with Crippen molar-refractivity contribution in [2.45, 2.75) is 31.7 Å². The van der Waals surface area contributed by atoms with E-state index in [4.69, 9.17) is 5.73 Å². The van der Waals surface area contributed by atoms with Crippen molar-refractivity contribution < 1.29 is 9.59 Å². The molecule has 0 bridgehead atoms. The van der Waals surface area contributed by atoms with Crippen LogP contribution in [0.1, 0.15) is 36.2 Å². The van der Waals surface area contributed by atoms with Gasteiger partial charge in [-0.15, -0.1) is 0 Å². The predicted octanol–water partition coefficient (Wildman–Crippen LogP) is -0.325. The first-order chi connectivity index (χ1) is 8.18. The molecule has 1 saturated carbocycles. The molecule has 7 nitrogen and oxygen atoms in total. The van der Waals surface area contributed by atoms with Gasteiger partial charge in [0.1, 0.15) is 0 Å². The Balaban J connectivity index is 2.14. The van der Waals surface area contributed by atoms with Crippen molar-refractivity contribution in [1.29, 1.82) is 0 Å². The third-order valence-electron chi connectivity index (χ3n) is 2.99. The molecule has 0 aromatic carbocycles. The Morgan fingerprint density at radius 2 is 2.18 bits per heavy atom. The average molecular weight is 237 g/mol. The standard InChI is InChI=1S/C10H15N5O2/c11-9(16)6-15(7-3-1-2-4-7)10(17)8-5-12-14-13-8/h5,7H,1-4,6H2,(H2,11,16)(H,12,13,14). The molecule has 0 atom stereocenters. The summed E-state index contributed by atoms with van der Waals surface area (Å²) in [5.41, 5.74) is 5.40. The molecule has 3 N–H and O–H groups in total. The van der Waals surface area contributed by atoms with E-state index in [0.29, 0.717) is 0 Å². The number of carbonyl (C=O) groups is 2. The molecular formula is C10H15N5O2. The van der Waals surface area contributed by atoms with Gasteiger partial charge in [-0.05, 0) is 12.8 Å². The Kier molecular flexibility index (Phi) is 3.36. The predicted molar refractivity (Wildman–Crippen MR) is 58.9 cm³/mol. The largest absolute Gasteiger partial charge is 0.368 e. The van der Waals surface area contributed by atoms with Gasteiger partial charge in [-0.1, -0.05) is 12.8 Å². The van der Waals surface area contributed by atoms with Crippen molar-refractivity contribution in [3.63, 3.8) is 0 Å². The SMILES string of the molecule is NC(=O)CN(C(=O)c1cn[nH]n1)C1CCCC1. The van der Waals surface area contributed by atoms with Crippen LogP contribution in [0.25, 0.3) is 0 Å². The van der Waals surface area contributed by atoms with Gasteiger partial charge in [-0.2, -0.15) is 15.4 Å². The summed E-state index contributed by atoms with van der Waals surface area (Å²) < 4.78 is 0. The molecule has 1 aliphatic carbocycles. The summed E-state index contributed by atoms with van der Waals surface area (Å²) in [5, 5.41) is 9.71. The number of amides is 2. The Bertz CT molecular complexity index is 397. The van der Waals surface area contributed by atoms with E-state index >= 15 is 0 Å². The molecule has 0 aliphatic heterocycles. The number of primary amides is 1. The van der Waals surface area contributed by atoms with Crippen molar-refractivity contribution in [3.8, 4) is 0 Å². The molecule has 1 aromatic rings. The van der Waals surface area contributed by atoms with Crippen LogP contribution in [-0.4, -0.2) is 44.7 Å². The average Bonchev–Trinajstić information content (AvgIpc) is 2.96. The van der Waals surface area contributed by atoms with Gasteiger partial charge in [0.2, 0.25) is 5.91 Å². The lowest BCUT2D eigenvalue weighted by molar-refractivity contribution is -0.119.